The third-order valence-corrected chi connectivity index (χ3v) is 3.91. The maximum Gasteiger partial charge on any atom is 0.244 e. The summed E-state index contributed by atoms with van der Waals surface area (Å²) in [7, 11) is 0. The molecule has 0 heterocycles. The van der Waals surface area contributed by atoms with Crippen LogP contribution in [0, 0.1) is 11.8 Å². The van der Waals surface area contributed by atoms with Crippen LogP contribution in [0.3, 0.4) is 0 Å². The van der Waals surface area contributed by atoms with E-state index in [1.807, 2.05) is 30.3 Å². The van der Waals surface area contributed by atoms with Crippen molar-refractivity contribution in [2.45, 2.75) is 31.7 Å². The molecule has 0 aromatic heterocycles. The summed E-state index contributed by atoms with van der Waals surface area (Å²) in [6.45, 7) is 0. The van der Waals surface area contributed by atoms with E-state index in [0.29, 0.717) is 6.04 Å². The quantitative estimate of drug-likeness (QED) is 0.628. The Labute approximate surface area is 113 Å². The molecule has 3 N–H and O–H groups in total. The van der Waals surface area contributed by atoms with Gasteiger partial charge in [-0.15, -0.1) is 0 Å². The molecule has 1 aromatic carbocycles. The molecule has 1 amide bonds. The molecule has 2 aliphatic carbocycles. The number of anilines is 1. The first-order valence-corrected chi connectivity index (χ1v) is 7.06. The van der Waals surface area contributed by atoms with Crippen molar-refractivity contribution in [1.82, 2.24) is 5.32 Å². The fraction of sp³-hybridized carbons (Fsp3) is 0.438. The van der Waals surface area contributed by atoms with Gasteiger partial charge in [-0.1, -0.05) is 12.1 Å². The molecule has 0 radical (unpaired) electrons. The van der Waals surface area contributed by atoms with E-state index >= 15 is 0 Å². The maximum atomic E-state index is 11.9. The van der Waals surface area contributed by atoms with Gasteiger partial charge in [0.1, 0.15) is 0 Å². The molecule has 3 rings (SSSR count). The van der Waals surface area contributed by atoms with Gasteiger partial charge in [-0.25, -0.2) is 0 Å². The summed E-state index contributed by atoms with van der Waals surface area (Å²) in [5, 5.41) is 3.17. The highest BCUT2D eigenvalue weighted by molar-refractivity contribution is 5.92. The molecule has 0 aliphatic heterocycles. The molecule has 2 fully saturated rings. The van der Waals surface area contributed by atoms with E-state index in [-0.39, 0.29) is 5.91 Å². The van der Waals surface area contributed by atoms with Gasteiger partial charge in [-0.05, 0) is 61.3 Å². The van der Waals surface area contributed by atoms with E-state index in [0.717, 1.165) is 23.1 Å². The summed E-state index contributed by atoms with van der Waals surface area (Å²) in [5.74, 6) is 1.49. The SMILES string of the molecule is Nc1cccc(/C=C/C(=O)NC(C2CC2)C2CC2)c1. The number of carbonyl (C=O) groups is 1. The standard InChI is InChI=1S/C16H20N2O/c17-14-3-1-2-11(10-14)4-9-15(19)18-16(12-5-6-12)13-7-8-13/h1-4,9-10,12-13,16H,5-8,17H2,(H,18,19)/b9-4+. The van der Waals surface area contributed by atoms with Gasteiger partial charge in [0.15, 0.2) is 0 Å². The molecular weight excluding hydrogens is 236 g/mol. The molecule has 0 unspecified atom stereocenters. The number of nitrogen functional groups attached to an aromatic ring is 1. The molecule has 19 heavy (non-hydrogen) atoms. The molecule has 2 saturated carbocycles. The largest absolute Gasteiger partial charge is 0.399 e. The highest BCUT2D eigenvalue weighted by atomic mass is 16.1. The third kappa shape index (κ3) is 3.37. The van der Waals surface area contributed by atoms with E-state index < -0.39 is 0 Å². The Bertz CT molecular complexity index is 489. The highest BCUT2D eigenvalue weighted by Gasteiger charge is 2.41. The Balaban J connectivity index is 1.58. The zero-order valence-corrected chi connectivity index (χ0v) is 11.0. The molecular formula is C16H20N2O. The Morgan fingerprint density at radius 2 is 1.95 bits per heavy atom. The fourth-order valence-corrected chi connectivity index (χ4v) is 2.58. The van der Waals surface area contributed by atoms with Crippen molar-refractivity contribution in [3.8, 4) is 0 Å². The first-order valence-electron chi connectivity index (χ1n) is 7.06. The molecule has 3 heteroatoms. The van der Waals surface area contributed by atoms with Crippen LogP contribution in [0.15, 0.2) is 30.3 Å². The lowest BCUT2D eigenvalue weighted by atomic mass is 10.1. The molecule has 1 aromatic rings. The van der Waals surface area contributed by atoms with Gasteiger partial charge >= 0.3 is 0 Å². The fourth-order valence-electron chi connectivity index (χ4n) is 2.58. The van der Waals surface area contributed by atoms with Gasteiger partial charge in [0.25, 0.3) is 0 Å². The van der Waals surface area contributed by atoms with Crippen molar-refractivity contribution in [2.75, 3.05) is 5.73 Å². The summed E-state index contributed by atoms with van der Waals surface area (Å²) >= 11 is 0. The van der Waals surface area contributed by atoms with Gasteiger partial charge in [-0.3, -0.25) is 4.79 Å². The Morgan fingerprint density at radius 3 is 2.53 bits per heavy atom. The molecule has 2 aliphatic rings. The van der Waals surface area contributed by atoms with E-state index in [4.69, 9.17) is 5.73 Å². The van der Waals surface area contributed by atoms with Crippen molar-refractivity contribution in [3.63, 3.8) is 0 Å². The van der Waals surface area contributed by atoms with Crippen LogP contribution < -0.4 is 11.1 Å². The second kappa shape index (κ2) is 5.08. The number of hydrogen-bond donors (Lipinski definition) is 2. The zero-order valence-electron chi connectivity index (χ0n) is 11.0. The van der Waals surface area contributed by atoms with Crippen LogP contribution >= 0.6 is 0 Å². The summed E-state index contributed by atoms with van der Waals surface area (Å²) in [5.41, 5.74) is 7.39. The molecule has 0 bridgehead atoms. The van der Waals surface area contributed by atoms with Crippen LogP contribution in [-0.4, -0.2) is 11.9 Å². The van der Waals surface area contributed by atoms with Crippen LogP contribution in [0.25, 0.3) is 6.08 Å². The van der Waals surface area contributed by atoms with Gasteiger partial charge < -0.3 is 11.1 Å². The van der Waals surface area contributed by atoms with E-state index in [1.165, 1.54) is 25.7 Å². The number of hydrogen-bond acceptors (Lipinski definition) is 2. The molecule has 0 saturated heterocycles. The lowest BCUT2D eigenvalue weighted by molar-refractivity contribution is -0.117. The number of amides is 1. The van der Waals surface area contributed by atoms with Gasteiger partial charge in [0, 0.05) is 17.8 Å². The molecule has 0 spiro atoms. The highest BCUT2D eigenvalue weighted by Crippen LogP contribution is 2.44. The lowest BCUT2D eigenvalue weighted by Crippen LogP contribution is -2.37. The van der Waals surface area contributed by atoms with E-state index in [9.17, 15) is 4.79 Å². The molecule has 0 atom stereocenters. The second-order valence-corrected chi connectivity index (χ2v) is 5.71. The molecule has 3 nitrogen and oxygen atoms in total. The minimum Gasteiger partial charge on any atom is -0.399 e. The summed E-state index contributed by atoms with van der Waals surface area (Å²) in [6.07, 6.45) is 8.55. The summed E-state index contributed by atoms with van der Waals surface area (Å²) in [4.78, 5) is 11.9. The van der Waals surface area contributed by atoms with Crippen molar-refractivity contribution < 1.29 is 4.79 Å². The van der Waals surface area contributed by atoms with E-state index in [2.05, 4.69) is 5.32 Å². The maximum absolute atomic E-state index is 11.9. The zero-order chi connectivity index (χ0) is 13.2. The second-order valence-electron chi connectivity index (χ2n) is 5.71. The van der Waals surface area contributed by atoms with Crippen molar-refractivity contribution in [2.24, 2.45) is 11.8 Å². The number of benzene rings is 1. The van der Waals surface area contributed by atoms with Crippen molar-refractivity contribution in [1.29, 1.82) is 0 Å². The predicted molar refractivity (Wildman–Crippen MR) is 77.3 cm³/mol. The number of nitrogens with one attached hydrogen (secondary N) is 1. The van der Waals surface area contributed by atoms with Crippen molar-refractivity contribution >= 4 is 17.7 Å². The first kappa shape index (κ1) is 12.3. The van der Waals surface area contributed by atoms with Gasteiger partial charge in [-0.2, -0.15) is 0 Å². The van der Waals surface area contributed by atoms with E-state index in [1.54, 1.807) is 6.08 Å². The predicted octanol–water partition coefficient (Wildman–Crippen LogP) is 2.59. The van der Waals surface area contributed by atoms with Gasteiger partial charge in [0.05, 0.1) is 0 Å². The number of carbonyl (C=O) groups excluding carboxylic acids is 1. The smallest absolute Gasteiger partial charge is 0.244 e. The summed E-state index contributed by atoms with van der Waals surface area (Å²) in [6, 6.07) is 7.96. The Kier molecular flexibility index (Phi) is 3.28. The Morgan fingerprint density at radius 1 is 1.26 bits per heavy atom. The minimum atomic E-state index is 0.0197. The van der Waals surface area contributed by atoms with Crippen LogP contribution in [0.1, 0.15) is 31.2 Å². The molecule has 100 valence electrons. The monoisotopic (exact) mass is 256 g/mol. The minimum absolute atomic E-state index is 0.0197. The Hall–Kier alpha value is -1.77. The lowest BCUT2D eigenvalue weighted by Gasteiger charge is -2.16. The third-order valence-electron chi connectivity index (χ3n) is 3.91. The number of nitrogens with two attached hydrogens (primary N) is 1. The van der Waals surface area contributed by atoms with Gasteiger partial charge in [0.2, 0.25) is 5.91 Å². The average Bonchev–Trinajstić information content (AvgIpc) is 3.27. The topological polar surface area (TPSA) is 55.1 Å². The average molecular weight is 256 g/mol. The van der Waals surface area contributed by atoms with Crippen LogP contribution in [0.4, 0.5) is 5.69 Å². The first-order chi connectivity index (χ1) is 9.22. The van der Waals surface area contributed by atoms with Crippen LogP contribution in [0.5, 0.6) is 0 Å². The van der Waals surface area contributed by atoms with Crippen LogP contribution in [0.2, 0.25) is 0 Å². The van der Waals surface area contributed by atoms with Crippen molar-refractivity contribution in [3.05, 3.63) is 35.9 Å². The summed E-state index contributed by atoms with van der Waals surface area (Å²) < 4.78 is 0. The number of rotatable bonds is 5. The van der Waals surface area contributed by atoms with Crippen LogP contribution in [-0.2, 0) is 4.79 Å². The normalized spacial score (nSPS) is 19.0.